The zero-order valence-corrected chi connectivity index (χ0v) is 13.0. The molecule has 4 nitrogen and oxygen atoms in total. The Bertz CT molecular complexity index is 458. The van der Waals surface area contributed by atoms with Crippen LogP contribution >= 0.6 is 0 Å². The molecule has 1 saturated carbocycles. The summed E-state index contributed by atoms with van der Waals surface area (Å²) >= 11 is 0. The molecule has 0 radical (unpaired) electrons. The fourth-order valence-corrected chi connectivity index (χ4v) is 2.86. The van der Waals surface area contributed by atoms with Crippen LogP contribution in [0.2, 0.25) is 0 Å². The number of nitrogens with two attached hydrogens (primary N) is 1. The number of rotatable bonds is 6. The van der Waals surface area contributed by atoms with Gasteiger partial charge >= 0.3 is 0 Å². The van der Waals surface area contributed by atoms with Crippen LogP contribution in [0, 0.1) is 11.8 Å². The summed E-state index contributed by atoms with van der Waals surface area (Å²) in [6, 6.07) is 8.48. The third kappa shape index (κ3) is 4.96. The van der Waals surface area contributed by atoms with E-state index in [9.17, 15) is 4.79 Å². The molecule has 0 bridgehead atoms. The number of anilines is 1. The molecule has 1 aliphatic carbocycles. The highest BCUT2D eigenvalue weighted by molar-refractivity contribution is 5.73. The molecule has 21 heavy (non-hydrogen) atoms. The van der Waals surface area contributed by atoms with Crippen molar-refractivity contribution in [1.29, 1.82) is 0 Å². The van der Waals surface area contributed by atoms with E-state index >= 15 is 0 Å². The summed E-state index contributed by atoms with van der Waals surface area (Å²) in [5.41, 5.74) is 6.21. The predicted octanol–water partition coefficient (Wildman–Crippen LogP) is 3.18. The maximum absolute atomic E-state index is 10.7. The van der Waals surface area contributed by atoms with Crippen LogP contribution in [0.4, 0.5) is 5.69 Å². The van der Waals surface area contributed by atoms with Gasteiger partial charge in [-0.2, -0.15) is 0 Å². The Morgan fingerprint density at radius 2 is 2.00 bits per heavy atom. The number of hydrogen-bond acceptors (Lipinski definition) is 3. The second-order valence-corrected chi connectivity index (χ2v) is 6.24. The standard InChI is InChI=1S/C17H26N2O2/c1-12-3-4-13(2)16(11-12)19-14-5-7-15(8-6-14)21-10-9-17(18)20/h5-8,12-13,16,19H,3-4,9-11H2,1-2H3,(H2,18,20). The summed E-state index contributed by atoms with van der Waals surface area (Å²) < 4.78 is 5.47. The SMILES string of the molecule is CC1CCC(C)C(Nc2ccc(OCCC(N)=O)cc2)C1. The van der Waals surface area contributed by atoms with E-state index in [-0.39, 0.29) is 12.3 Å². The normalized spacial score (nSPS) is 25.3. The van der Waals surface area contributed by atoms with Gasteiger partial charge in [0.1, 0.15) is 5.75 Å². The van der Waals surface area contributed by atoms with Crippen molar-refractivity contribution in [1.82, 2.24) is 0 Å². The lowest BCUT2D eigenvalue weighted by atomic mass is 9.80. The summed E-state index contributed by atoms with van der Waals surface area (Å²) in [7, 11) is 0. The van der Waals surface area contributed by atoms with Crippen LogP contribution in [0.3, 0.4) is 0 Å². The quantitative estimate of drug-likeness (QED) is 0.845. The Kier molecular flexibility index (Phi) is 5.48. The van der Waals surface area contributed by atoms with Crippen molar-refractivity contribution in [2.75, 3.05) is 11.9 Å². The van der Waals surface area contributed by atoms with Crippen LogP contribution in [-0.2, 0) is 4.79 Å². The summed E-state index contributed by atoms with van der Waals surface area (Å²) in [6.07, 6.45) is 4.12. The minimum atomic E-state index is -0.339. The fourth-order valence-electron chi connectivity index (χ4n) is 2.86. The monoisotopic (exact) mass is 290 g/mol. The molecule has 0 heterocycles. The number of carbonyl (C=O) groups is 1. The lowest BCUT2D eigenvalue weighted by molar-refractivity contribution is -0.118. The number of ether oxygens (including phenoxy) is 1. The third-order valence-electron chi connectivity index (χ3n) is 4.28. The molecule has 3 unspecified atom stereocenters. The van der Waals surface area contributed by atoms with E-state index in [0.29, 0.717) is 18.6 Å². The number of carbonyl (C=O) groups excluding carboxylic acids is 1. The van der Waals surface area contributed by atoms with Gasteiger partial charge in [0.25, 0.3) is 0 Å². The van der Waals surface area contributed by atoms with Gasteiger partial charge in [-0.3, -0.25) is 4.79 Å². The number of benzene rings is 1. The maximum Gasteiger partial charge on any atom is 0.220 e. The van der Waals surface area contributed by atoms with Gasteiger partial charge in [-0.1, -0.05) is 20.3 Å². The first-order valence-electron chi connectivity index (χ1n) is 7.82. The Balaban J connectivity index is 1.85. The molecule has 3 atom stereocenters. The predicted molar refractivity (Wildman–Crippen MR) is 85.3 cm³/mol. The largest absolute Gasteiger partial charge is 0.493 e. The maximum atomic E-state index is 10.7. The molecule has 1 aromatic rings. The smallest absolute Gasteiger partial charge is 0.220 e. The molecule has 0 aliphatic heterocycles. The van der Waals surface area contributed by atoms with Gasteiger partial charge in [-0.25, -0.2) is 0 Å². The molecule has 1 aliphatic rings. The van der Waals surface area contributed by atoms with E-state index in [4.69, 9.17) is 10.5 Å². The molecule has 116 valence electrons. The second kappa shape index (κ2) is 7.34. The Morgan fingerprint density at radius 1 is 1.29 bits per heavy atom. The molecule has 2 rings (SSSR count). The number of primary amides is 1. The summed E-state index contributed by atoms with van der Waals surface area (Å²) in [5.74, 6) is 1.95. The van der Waals surface area contributed by atoms with E-state index in [0.717, 1.165) is 17.4 Å². The molecule has 3 N–H and O–H groups in total. The van der Waals surface area contributed by atoms with Crippen molar-refractivity contribution < 1.29 is 9.53 Å². The van der Waals surface area contributed by atoms with Gasteiger partial charge in [-0.15, -0.1) is 0 Å². The summed E-state index contributed by atoms with van der Waals surface area (Å²) in [5, 5.41) is 3.63. The van der Waals surface area contributed by atoms with Gasteiger partial charge in [0.05, 0.1) is 13.0 Å². The molecule has 1 fully saturated rings. The zero-order chi connectivity index (χ0) is 15.2. The van der Waals surface area contributed by atoms with E-state index in [1.165, 1.54) is 19.3 Å². The highest BCUT2D eigenvalue weighted by atomic mass is 16.5. The van der Waals surface area contributed by atoms with Gasteiger partial charge in [0.15, 0.2) is 0 Å². The van der Waals surface area contributed by atoms with Crippen molar-refractivity contribution in [3.05, 3.63) is 24.3 Å². The topological polar surface area (TPSA) is 64.3 Å². The van der Waals surface area contributed by atoms with E-state index in [2.05, 4.69) is 19.2 Å². The van der Waals surface area contributed by atoms with Crippen LogP contribution < -0.4 is 15.8 Å². The Hall–Kier alpha value is -1.71. The first kappa shape index (κ1) is 15.7. The summed E-state index contributed by atoms with van der Waals surface area (Å²) in [4.78, 5) is 10.7. The van der Waals surface area contributed by atoms with Crippen molar-refractivity contribution in [2.45, 2.75) is 45.6 Å². The highest BCUT2D eigenvalue weighted by Crippen LogP contribution is 2.31. The van der Waals surface area contributed by atoms with Crippen molar-refractivity contribution in [3.63, 3.8) is 0 Å². The van der Waals surface area contributed by atoms with Gasteiger partial charge in [0, 0.05) is 11.7 Å². The van der Waals surface area contributed by atoms with Gasteiger partial charge in [-0.05, 0) is 48.9 Å². The van der Waals surface area contributed by atoms with E-state index in [1.54, 1.807) is 0 Å². The first-order chi connectivity index (χ1) is 10.0. The number of amides is 1. The van der Waals surface area contributed by atoms with Crippen molar-refractivity contribution in [2.24, 2.45) is 17.6 Å². The molecule has 0 saturated heterocycles. The van der Waals surface area contributed by atoms with Crippen molar-refractivity contribution >= 4 is 11.6 Å². The Labute approximate surface area is 127 Å². The Morgan fingerprint density at radius 3 is 2.67 bits per heavy atom. The number of nitrogens with one attached hydrogen (secondary N) is 1. The van der Waals surface area contributed by atoms with E-state index in [1.807, 2.05) is 24.3 Å². The molecule has 4 heteroatoms. The fraction of sp³-hybridized carbons (Fsp3) is 0.588. The van der Waals surface area contributed by atoms with Crippen molar-refractivity contribution in [3.8, 4) is 5.75 Å². The molecule has 0 spiro atoms. The van der Waals surface area contributed by atoms with Crippen LogP contribution in [-0.4, -0.2) is 18.6 Å². The average Bonchev–Trinajstić information content (AvgIpc) is 2.44. The average molecular weight is 290 g/mol. The second-order valence-electron chi connectivity index (χ2n) is 6.24. The lowest BCUT2D eigenvalue weighted by Crippen LogP contribution is -2.33. The molecular weight excluding hydrogens is 264 g/mol. The number of hydrogen-bond donors (Lipinski definition) is 2. The van der Waals surface area contributed by atoms with Gasteiger partial charge < -0.3 is 15.8 Å². The molecular formula is C17H26N2O2. The first-order valence-corrected chi connectivity index (χ1v) is 7.82. The molecule has 1 aromatic carbocycles. The minimum Gasteiger partial charge on any atom is -0.493 e. The van der Waals surface area contributed by atoms with Crippen LogP contribution in [0.5, 0.6) is 5.75 Å². The highest BCUT2D eigenvalue weighted by Gasteiger charge is 2.25. The zero-order valence-electron chi connectivity index (χ0n) is 13.0. The summed E-state index contributed by atoms with van der Waals surface area (Å²) in [6.45, 7) is 4.99. The van der Waals surface area contributed by atoms with Gasteiger partial charge in [0.2, 0.25) is 5.91 Å². The third-order valence-corrected chi connectivity index (χ3v) is 4.28. The van der Waals surface area contributed by atoms with Crippen LogP contribution in [0.25, 0.3) is 0 Å². The lowest BCUT2D eigenvalue weighted by Gasteiger charge is -2.34. The molecule has 0 aromatic heterocycles. The van der Waals surface area contributed by atoms with E-state index < -0.39 is 0 Å². The minimum absolute atomic E-state index is 0.247. The van der Waals surface area contributed by atoms with Crippen LogP contribution in [0.1, 0.15) is 39.5 Å². The van der Waals surface area contributed by atoms with Crippen LogP contribution in [0.15, 0.2) is 24.3 Å². The molecule has 1 amide bonds.